The topological polar surface area (TPSA) is 122 Å². The van der Waals surface area contributed by atoms with E-state index in [2.05, 4.69) is 24.2 Å². The zero-order chi connectivity index (χ0) is 20.7. The highest BCUT2D eigenvalue weighted by Gasteiger charge is 2.70. The molecule has 1 aromatic rings. The molecular formula is C18H28N4O5S. The number of carbonyl (C=O) groups is 2. The molecule has 28 heavy (non-hydrogen) atoms. The van der Waals surface area contributed by atoms with Gasteiger partial charge in [0.25, 0.3) is 0 Å². The van der Waals surface area contributed by atoms with Gasteiger partial charge >= 0.3 is 5.97 Å². The van der Waals surface area contributed by atoms with Gasteiger partial charge in [-0.3, -0.25) is 4.79 Å². The summed E-state index contributed by atoms with van der Waals surface area (Å²) in [5.41, 5.74) is 1.72. The number of sulfone groups is 1. The van der Waals surface area contributed by atoms with E-state index in [0.29, 0.717) is 6.42 Å². The number of aromatic nitrogens is 3. The molecule has 2 aliphatic heterocycles. The molecule has 0 aromatic carbocycles. The van der Waals surface area contributed by atoms with Crippen LogP contribution in [0.25, 0.3) is 0 Å². The summed E-state index contributed by atoms with van der Waals surface area (Å²) in [7, 11) is -3.86. The van der Waals surface area contributed by atoms with Crippen LogP contribution in [-0.2, 0) is 38.8 Å². The van der Waals surface area contributed by atoms with Crippen molar-refractivity contribution in [1.29, 1.82) is 0 Å². The summed E-state index contributed by atoms with van der Waals surface area (Å²) in [6.07, 6.45) is 5.16. The Morgan fingerprint density at radius 3 is 2.46 bits per heavy atom. The molecule has 0 aliphatic carbocycles. The SMILES string of the molecule is CCCCc1nnn(C[C@@]2(C)[C@H](C(=O)O)N3C(=O)C[C@H]3S2(=O)=O)c1CCCC. The van der Waals surface area contributed by atoms with Crippen LogP contribution in [0.15, 0.2) is 0 Å². The van der Waals surface area contributed by atoms with E-state index in [1.807, 2.05) is 0 Å². The van der Waals surface area contributed by atoms with E-state index >= 15 is 0 Å². The maximum absolute atomic E-state index is 13.1. The molecule has 0 saturated carbocycles. The van der Waals surface area contributed by atoms with Gasteiger partial charge in [-0.05, 0) is 32.6 Å². The fourth-order valence-electron chi connectivity index (χ4n) is 4.24. The largest absolute Gasteiger partial charge is 0.480 e. The quantitative estimate of drug-likeness (QED) is 0.604. The van der Waals surface area contributed by atoms with Gasteiger partial charge in [0.2, 0.25) is 5.91 Å². The second kappa shape index (κ2) is 7.46. The molecular weight excluding hydrogens is 384 g/mol. The average Bonchev–Trinajstić information content (AvgIpc) is 3.06. The number of nitrogens with zero attached hydrogens (tertiary/aromatic N) is 4. The first-order chi connectivity index (χ1) is 13.2. The number of amides is 1. The zero-order valence-corrected chi connectivity index (χ0v) is 17.4. The molecule has 1 N–H and O–H groups in total. The van der Waals surface area contributed by atoms with Crippen LogP contribution in [0.3, 0.4) is 0 Å². The Balaban J connectivity index is 2.00. The Morgan fingerprint density at radius 2 is 1.89 bits per heavy atom. The van der Waals surface area contributed by atoms with Gasteiger partial charge in [-0.2, -0.15) is 0 Å². The van der Waals surface area contributed by atoms with E-state index in [4.69, 9.17) is 0 Å². The van der Waals surface area contributed by atoms with Crippen molar-refractivity contribution in [2.75, 3.05) is 0 Å². The fourth-order valence-corrected chi connectivity index (χ4v) is 6.59. The van der Waals surface area contributed by atoms with Crippen molar-refractivity contribution in [2.45, 2.75) is 88.4 Å². The van der Waals surface area contributed by atoms with Crippen LogP contribution in [0.5, 0.6) is 0 Å². The Kier molecular flexibility index (Phi) is 5.53. The molecule has 156 valence electrons. The van der Waals surface area contributed by atoms with E-state index in [9.17, 15) is 23.1 Å². The van der Waals surface area contributed by atoms with Crippen LogP contribution in [0.2, 0.25) is 0 Å². The monoisotopic (exact) mass is 412 g/mol. The average molecular weight is 413 g/mol. The maximum Gasteiger partial charge on any atom is 0.328 e. The zero-order valence-electron chi connectivity index (χ0n) is 16.6. The molecule has 3 atom stereocenters. The lowest BCUT2D eigenvalue weighted by Crippen LogP contribution is -2.58. The molecule has 3 heterocycles. The van der Waals surface area contributed by atoms with Crippen molar-refractivity contribution in [1.82, 2.24) is 19.9 Å². The van der Waals surface area contributed by atoms with Crippen LogP contribution in [-0.4, -0.2) is 61.5 Å². The van der Waals surface area contributed by atoms with Crippen molar-refractivity contribution < 1.29 is 23.1 Å². The van der Waals surface area contributed by atoms with Crippen LogP contribution in [0, 0.1) is 0 Å². The number of carbonyl (C=O) groups excluding carboxylic acids is 1. The molecule has 0 unspecified atom stereocenters. The highest BCUT2D eigenvalue weighted by Crippen LogP contribution is 2.47. The summed E-state index contributed by atoms with van der Waals surface area (Å²) in [6, 6.07) is -1.41. The number of β-lactam (4-membered cyclic amide) rings is 1. The molecule has 9 nitrogen and oxygen atoms in total. The van der Waals surface area contributed by atoms with Crippen LogP contribution in [0.4, 0.5) is 0 Å². The molecule has 0 bridgehead atoms. The number of aryl methyl sites for hydroxylation is 1. The number of aliphatic carboxylic acids is 1. The van der Waals surface area contributed by atoms with Crippen molar-refractivity contribution in [3.63, 3.8) is 0 Å². The highest BCUT2D eigenvalue weighted by molar-refractivity contribution is 7.93. The molecule has 2 saturated heterocycles. The van der Waals surface area contributed by atoms with Gasteiger partial charge in [0.1, 0.15) is 10.1 Å². The molecule has 0 radical (unpaired) electrons. The summed E-state index contributed by atoms with van der Waals surface area (Å²) < 4.78 is 26.2. The summed E-state index contributed by atoms with van der Waals surface area (Å²) in [4.78, 5) is 24.9. The minimum absolute atomic E-state index is 0.120. The fraction of sp³-hybridized carbons (Fsp3) is 0.778. The van der Waals surface area contributed by atoms with Gasteiger partial charge in [-0.1, -0.05) is 31.9 Å². The number of carboxylic acids is 1. The second-order valence-electron chi connectivity index (χ2n) is 7.91. The predicted octanol–water partition coefficient (Wildman–Crippen LogP) is 1.16. The molecule has 0 spiro atoms. The van der Waals surface area contributed by atoms with Crippen LogP contribution < -0.4 is 0 Å². The van der Waals surface area contributed by atoms with Crippen LogP contribution in [0.1, 0.15) is 64.3 Å². The first-order valence-electron chi connectivity index (χ1n) is 9.87. The Hall–Kier alpha value is -1.97. The minimum Gasteiger partial charge on any atom is -0.480 e. The van der Waals surface area contributed by atoms with E-state index in [1.165, 1.54) is 6.92 Å². The second-order valence-corrected chi connectivity index (χ2v) is 10.5. The van der Waals surface area contributed by atoms with Gasteiger partial charge in [0.15, 0.2) is 15.9 Å². The Morgan fingerprint density at radius 1 is 1.25 bits per heavy atom. The normalized spacial score (nSPS) is 28.2. The predicted molar refractivity (Wildman–Crippen MR) is 101 cm³/mol. The van der Waals surface area contributed by atoms with Crippen LogP contribution >= 0.6 is 0 Å². The lowest BCUT2D eigenvalue weighted by atomic mass is 9.96. The van der Waals surface area contributed by atoms with E-state index in [0.717, 1.165) is 48.4 Å². The van der Waals surface area contributed by atoms with E-state index in [-0.39, 0.29) is 13.0 Å². The molecule has 1 aromatic heterocycles. The lowest BCUT2D eigenvalue weighted by molar-refractivity contribution is -0.157. The Labute approximate surface area is 165 Å². The van der Waals surface area contributed by atoms with Crippen molar-refractivity contribution >= 4 is 21.7 Å². The summed E-state index contributed by atoms with van der Waals surface area (Å²) in [6.45, 7) is 5.45. The van der Waals surface area contributed by atoms with Crippen molar-refractivity contribution in [2.24, 2.45) is 0 Å². The summed E-state index contributed by atoms with van der Waals surface area (Å²) in [5.74, 6) is -1.74. The third-order valence-corrected chi connectivity index (χ3v) is 8.72. The minimum atomic E-state index is -3.86. The van der Waals surface area contributed by atoms with Gasteiger partial charge in [-0.15, -0.1) is 5.10 Å². The first kappa shape index (κ1) is 20.8. The van der Waals surface area contributed by atoms with E-state index < -0.39 is 37.9 Å². The standard InChI is InChI=1S/C18H28N4O5S/c1-4-6-8-12-13(9-7-5-2)21(20-19-12)11-18(3)16(17(24)25)22-14(23)10-15(22)28(18,26)27/h15-16H,4-11H2,1-3H3,(H,24,25)/t15-,16+,18+/m1/s1. The number of carboxylic acid groups (broad SMARTS) is 1. The molecule has 2 aliphatic rings. The third kappa shape index (κ3) is 3.01. The lowest BCUT2D eigenvalue weighted by Gasteiger charge is -2.35. The third-order valence-electron chi connectivity index (χ3n) is 5.96. The molecule has 10 heteroatoms. The highest BCUT2D eigenvalue weighted by atomic mass is 32.2. The van der Waals surface area contributed by atoms with Gasteiger partial charge < -0.3 is 10.0 Å². The number of unbranched alkanes of at least 4 members (excludes halogenated alkanes) is 2. The molecule has 3 rings (SSSR count). The van der Waals surface area contributed by atoms with Crippen molar-refractivity contribution in [3.8, 4) is 0 Å². The van der Waals surface area contributed by atoms with Gasteiger partial charge in [-0.25, -0.2) is 17.9 Å². The summed E-state index contributed by atoms with van der Waals surface area (Å²) in [5, 5.41) is 17.1. The van der Waals surface area contributed by atoms with Crippen molar-refractivity contribution in [3.05, 3.63) is 11.4 Å². The van der Waals surface area contributed by atoms with E-state index in [1.54, 1.807) is 4.68 Å². The number of hydrogen-bond acceptors (Lipinski definition) is 6. The molecule has 2 fully saturated rings. The number of fused-ring (bicyclic) bond motifs is 1. The molecule has 1 amide bonds. The Bertz CT molecular complexity index is 881. The maximum atomic E-state index is 13.1. The number of hydrogen-bond donors (Lipinski definition) is 1. The summed E-state index contributed by atoms with van der Waals surface area (Å²) >= 11 is 0. The number of rotatable bonds is 9. The van der Waals surface area contributed by atoms with Gasteiger partial charge in [0.05, 0.1) is 24.4 Å². The smallest absolute Gasteiger partial charge is 0.328 e. The first-order valence-corrected chi connectivity index (χ1v) is 11.4. The van der Waals surface area contributed by atoms with Gasteiger partial charge in [0, 0.05) is 0 Å².